The van der Waals surface area contributed by atoms with Gasteiger partial charge in [-0.05, 0) is 42.5 Å². The number of rotatable bonds is 9. The van der Waals surface area contributed by atoms with E-state index in [1.165, 1.54) is 24.4 Å². The van der Waals surface area contributed by atoms with E-state index in [1.807, 2.05) is 0 Å². The standard InChI is InChI=1S/C35H33N3O9/c1-35(2,3)33(42)36-26-19-20-38(34(43)37-26)29-28(47-32(41)24-17-11-6-12-18-24)27(46-31(40)23-15-9-5-10-16-23)25(45-29)21-44-30(39)22-13-7-4-8-14-22/h4-20,25,27-29H,21H2,1-3H3,(H,36,37,42,43)/t25-,27-,28-,29-/m1/s1. The summed E-state index contributed by atoms with van der Waals surface area (Å²) < 4.78 is 24.5. The normalized spacial score (nSPS) is 19.0. The fourth-order valence-electron chi connectivity index (χ4n) is 4.66. The van der Waals surface area contributed by atoms with Crippen molar-refractivity contribution in [2.45, 2.75) is 45.3 Å². The lowest BCUT2D eigenvalue weighted by Gasteiger charge is -2.25. The number of ether oxygens (including phenoxy) is 4. The molecule has 0 aliphatic carbocycles. The first-order valence-electron chi connectivity index (χ1n) is 14.8. The zero-order valence-electron chi connectivity index (χ0n) is 25.9. The van der Waals surface area contributed by atoms with Gasteiger partial charge in [0.1, 0.15) is 18.5 Å². The first kappa shape index (κ1) is 32.8. The summed E-state index contributed by atoms with van der Waals surface area (Å²) in [6.45, 7) is 4.72. The quantitative estimate of drug-likeness (QED) is 0.206. The van der Waals surface area contributed by atoms with Gasteiger partial charge in [0.25, 0.3) is 0 Å². The van der Waals surface area contributed by atoms with Crippen LogP contribution in [-0.2, 0) is 23.7 Å². The van der Waals surface area contributed by atoms with Crippen molar-refractivity contribution >= 4 is 29.6 Å². The molecule has 1 saturated heterocycles. The fourth-order valence-corrected chi connectivity index (χ4v) is 4.66. The average molecular weight is 640 g/mol. The maximum atomic E-state index is 13.4. The number of aromatic nitrogens is 2. The number of nitrogens with one attached hydrogen (secondary N) is 1. The Morgan fingerprint density at radius 1 is 0.745 bits per heavy atom. The molecule has 1 N–H and O–H groups in total. The number of hydrogen-bond donors (Lipinski definition) is 1. The molecule has 1 aliphatic heterocycles. The molecule has 0 radical (unpaired) electrons. The zero-order valence-corrected chi connectivity index (χ0v) is 25.9. The fraction of sp³-hybridized carbons (Fsp3) is 0.257. The van der Waals surface area contributed by atoms with Crippen molar-refractivity contribution in [1.82, 2.24) is 9.55 Å². The van der Waals surface area contributed by atoms with Crippen molar-refractivity contribution in [2.24, 2.45) is 5.41 Å². The van der Waals surface area contributed by atoms with Crippen molar-refractivity contribution in [3.05, 3.63) is 130 Å². The van der Waals surface area contributed by atoms with Crippen molar-refractivity contribution in [3.63, 3.8) is 0 Å². The van der Waals surface area contributed by atoms with Crippen LogP contribution in [0.25, 0.3) is 0 Å². The molecule has 1 aliphatic rings. The minimum Gasteiger partial charge on any atom is -0.459 e. The summed E-state index contributed by atoms with van der Waals surface area (Å²) in [5, 5.41) is 2.60. The average Bonchev–Trinajstić information content (AvgIpc) is 3.40. The highest BCUT2D eigenvalue weighted by Gasteiger charge is 2.51. The zero-order chi connectivity index (χ0) is 33.6. The predicted molar refractivity (Wildman–Crippen MR) is 169 cm³/mol. The largest absolute Gasteiger partial charge is 0.459 e. The van der Waals surface area contributed by atoms with E-state index in [0.717, 1.165) is 4.57 Å². The molecule has 12 heteroatoms. The highest BCUT2D eigenvalue weighted by Crippen LogP contribution is 2.35. The molecular weight excluding hydrogens is 606 g/mol. The molecule has 0 bridgehead atoms. The molecule has 47 heavy (non-hydrogen) atoms. The minimum atomic E-state index is -1.40. The van der Waals surface area contributed by atoms with Gasteiger partial charge in [0.05, 0.1) is 16.7 Å². The summed E-state index contributed by atoms with van der Waals surface area (Å²) >= 11 is 0. The highest BCUT2D eigenvalue weighted by molar-refractivity contribution is 5.93. The van der Waals surface area contributed by atoms with Crippen LogP contribution in [0.4, 0.5) is 5.82 Å². The number of hydrogen-bond acceptors (Lipinski definition) is 10. The second-order valence-corrected chi connectivity index (χ2v) is 11.7. The van der Waals surface area contributed by atoms with Crippen LogP contribution in [0.15, 0.2) is 108 Å². The van der Waals surface area contributed by atoms with E-state index in [4.69, 9.17) is 18.9 Å². The third-order valence-electron chi connectivity index (χ3n) is 7.21. The first-order chi connectivity index (χ1) is 22.5. The molecule has 12 nitrogen and oxygen atoms in total. The molecule has 5 rings (SSSR count). The van der Waals surface area contributed by atoms with Crippen LogP contribution in [0.1, 0.15) is 58.1 Å². The van der Waals surface area contributed by atoms with Gasteiger partial charge >= 0.3 is 23.6 Å². The van der Waals surface area contributed by atoms with E-state index in [9.17, 15) is 24.0 Å². The Bertz CT molecular complexity index is 1790. The number of anilines is 1. The van der Waals surface area contributed by atoms with Crippen LogP contribution >= 0.6 is 0 Å². The maximum Gasteiger partial charge on any atom is 0.351 e. The lowest BCUT2D eigenvalue weighted by molar-refractivity contribution is -0.123. The van der Waals surface area contributed by atoms with Gasteiger partial charge in [-0.1, -0.05) is 75.4 Å². The van der Waals surface area contributed by atoms with E-state index in [2.05, 4.69) is 10.3 Å². The van der Waals surface area contributed by atoms with Crippen LogP contribution in [0.5, 0.6) is 0 Å². The molecule has 4 atom stereocenters. The second-order valence-electron chi connectivity index (χ2n) is 11.7. The number of amides is 1. The summed E-state index contributed by atoms with van der Waals surface area (Å²) in [6, 6.07) is 25.9. The van der Waals surface area contributed by atoms with E-state index >= 15 is 0 Å². The van der Waals surface area contributed by atoms with Crippen molar-refractivity contribution in [1.29, 1.82) is 0 Å². The van der Waals surface area contributed by atoms with Gasteiger partial charge in [-0.25, -0.2) is 19.2 Å². The van der Waals surface area contributed by atoms with Crippen LogP contribution in [0.3, 0.4) is 0 Å². The molecule has 0 saturated carbocycles. The number of esters is 3. The van der Waals surface area contributed by atoms with Crippen LogP contribution in [-0.4, -0.2) is 58.3 Å². The van der Waals surface area contributed by atoms with Gasteiger partial charge in [-0.3, -0.25) is 9.36 Å². The van der Waals surface area contributed by atoms with Crippen LogP contribution in [0, 0.1) is 5.41 Å². The Balaban J connectivity index is 1.50. The molecule has 1 amide bonds. The molecule has 2 heterocycles. The molecule has 3 aromatic carbocycles. The molecule has 0 unspecified atom stereocenters. The maximum absolute atomic E-state index is 13.4. The van der Waals surface area contributed by atoms with Gasteiger partial charge < -0.3 is 24.3 Å². The van der Waals surface area contributed by atoms with Gasteiger partial charge in [-0.2, -0.15) is 4.98 Å². The molecule has 0 spiro atoms. The number of carbonyl (C=O) groups excluding carboxylic acids is 4. The monoisotopic (exact) mass is 639 g/mol. The van der Waals surface area contributed by atoms with Gasteiger partial charge in [-0.15, -0.1) is 0 Å². The molecular formula is C35H33N3O9. The van der Waals surface area contributed by atoms with Gasteiger partial charge in [0.15, 0.2) is 18.4 Å². The molecule has 1 aromatic heterocycles. The van der Waals surface area contributed by atoms with Crippen molar-refractivity contribution < 1.29 is 38.1 Å². The number of carbonyl (C=O) groups is 4. The molecule has 242 valence electrons. The van der Waals surface area contributed by atoms with E-state index in [0.29, 0.717) is 0 Å². The summed E-state index contributed by atoms with van der Waals surface area (Å²) in [5.41, 5.74) is -0.911. The van der Waals surface area contributed by atoms with E-state index in [1.54, 1.807) is 99.6 Å². The lowest BCUT2D eigenvalue weighted by Crippen LogP contribution is -2.42. The van der Waals surface area contributed by atoms with Gasteiger partial charge in [0.2, 0.25) is 5.91 Å². The van der Waals surface area contributed by atoms with Crippen LogP contribution < -0.4 is 11.0 Å². The smallest absolute Gasteiger partial charge is 0.351 e. The minimum absolute atomic E-state index is 0.00222. The summed E-state index contributed by atoms with van der Waals surface area (Å²) in [5.74, 6) is -2.56. The Hall–Kier alpha value is -5.62. The lowest BCUT2D eigenvalue weighted by atomic mass is 9.96. The Labute approximate surface area is 270 Å². The second kappa shape index (κ2) is 14.2. The third kappa shape index (κ3) is 7.97. The first-order valence-corrected chi connectivity index (χ1v) is 14.8. The van der Waals surface area contributed by atoms with Gasteiger partial charge in [0, 0.05) is 11.6 Å². The Morgan fingerprint density at radius 2 is 1.23 bits per heavy atom. The van der Waals surface area contributed by atoms with Crippen LogP contribution in [0.2, 0.25) is 0 Å². The summed E-state index contributed by atoms with van der Waals surface area (Å²) in [6.07, 6.45) is -3.97. The number of benzene rings is 3. The van der Waals surface area contributed by atoms with E-state index in [-0.39, 0.29) is 28.4 Å². The third-order valence-corrected chi connectivity index (χ3v) is 7.21. The summed E-state index contributed by atoms with van der Waals surface area (Å²) in [7, 11) is 0. The number of nitrogens with zero attached hydrogens (tertiary/aromatic N) is 2. The van der Waals surface area contributed by atoms with E-state index < -0.39 is 60.2 Å². The Kier molecular flexibility index (Phi) is 9.91. The van der Waals surface area contributed by atoms with Crippen molar-refractivity contribution in [2.75, 3.05) is 11.9 Å². The Morgan fingerprint density at radius 3 is 1.72 bits per heavy atom. The van der Waals surface area contributed by atoms with Crippen molar-refractivity contribution in [3.8, 4) is 0 Å². The topological polar surface area (TPSA) is 152 Å². The predicted octanol–water partition coefficient (Wildman–Crippen LogP) is 4.43. The highest BCUT2D eigenvalue weighted by atomic mass is 16.7. The SMILES string of the molecule is CC(C)(C)C(=O)Nc1ccn([C@@H]2O[C@H](COC(=O)c3ccccc3)[C@@H](OC(=O)c3ccccc3)[C@H]2OC(=O)c2ccccc2)c(=O)n1. The summed E-state index contributed by atoms with van der Waals surface area (Å²) in [4.78, 5) is 69.3. The molecule has 4 aromatic rings. The molecule has 1 fully saturated rings.